The molecule has 1 N–H and O–H groups in total. The van der Waals surface area contributed by atoms with E-state index in [2.05, 4.69) is 5.32 Å². The lowest BCUT2D eigenvalue weighted by Gasteiger charge is -2.12. The lowest BCUT2D eigenvalue weighted by molar-refractivity contribution is 0.303. The maximum atomic E-state index is 5.98. The van der Waals surface area contributed by atoms with Crippen LogP contribution in [0.25, 0.3) is 0 Å². The van der Waals surface area contributed by atoms with Crippen molar-refractivity contribution in [3.05, 3.63) is 53.6 Å². The fraction of sp³-hybridized carbons (Fsp3) is 0.200. The van der Waals surface area contributed by atoms with E-state index < -0.39 is 0 Å². The summed E-state index contributed by atoms with van der Waals surface area (Å²) in [6.07, 6.45) is 0. The monoisotopic (exact) mass is 277 g/mol. The molecule has 19 heavy (non-hydrogen) atoms. The molecule has 0 bridgehead atoms. The van der Waals surface area contributed by atoms with E-state index in [1.165, 1.54) is 0 Å². The van der Waals surface area contributed by atoms with Crippen LogP contribution in [0, 0.1) is 0 Å². The fourth-order valence-electron chi connectivity index (χ4n) is 1.56. The summed E-state index contributed by atoms with van der Waals surface area (Å²) in [7, 11) is 1.88. The van der Waals surface area contributed by atoms with Crippen LogP contribution in [0.5, 0.6) is 17.2 Å². The highest BCUT2D eigenvalue weighted by Gasteiger charge is 2.07. The minimum Gasteiger partial charge on any atom is -0.488 e. The van der Waals surface area contributed by atoms with E-state index in [-0.39, 0.29) is 0 Å². The van der Waals surface area contributed by atoms with Gasteiger partial charge in [0.1, 0.15) is 12.4 Å². The zero-order valence-electron chi connectivity index (χ0n) is 10.7. The van der Waals surface area contributed by atoms with Crippen LogP contribution in [0.4, 0.5) is 0 Å². The SMILES string of the molecule is CNCCOc1cc(Cl)ccc1Oc1ccccc1. The Morgan fingerprint density at radius 2 is 1.84 bits per heavy atom. The maximum absolute atomic E-state index is 5.98. The second-order valence-corrected chi connectivity index (χ2v) is 4.39. The van der Waals surface area contributed by atoms with Gasteiger partial charge in [0.15, 0.2) is 11.5 Å². The molecule has 0 amide bonds. The summed E-state index contributed by atoms with van der Waals surface area (Å²) in [5.74, 6) is 2.07. The molecule has 100 valence electrons. The van der Waals surface area contributed by atoms with Crippen LogP contribution in [0.2, 0.25) is 5.02 Å². The predicted octanol–water partition coefficient (Wildman–Crippen LogP) is 3.73. The van der Waals surface area contributed by atoms with Gasteiger partial charge in [-0.05, 0) is 31.3 Å². The molecule has 0 aliphatic heterocycles. The Morgan fingerprint density at radius 3 is 2.58 bits per heavy atom. The van der Waals surface area contributed by atoms with Crippen molar-refractivity contribution in [3.8, 4) is 17.2 Å². The number of para-hydroxylation sites is 1. The minimum atomic E-state index is 0.558. The zero-order valence-corrected chi connectivity index (χ0v) is 11.5. The average molecular weight is 278 g/mol. The van der Waals surface area contributed by atoms with Crippen molar-refractivity contribution in [2.75, 3.05) is 20.2 Å². The number of likely N-dealkylation sites (N-methyl/N-ethyl adjacent to an activating group) is 1. The van der Waals surface area contributed by atoms with E-state index in [0.29, 0.717) is 23.1 Å². The molecule has 0 radical (unpaired) electrons. The number of benzene rings is 2. The van der Waals surface area contributed by atoms with Gasteiger partial charge in [-0.3, -0.25) is 0 Å². The van der Waals surface area contributed by atoms with Gasteiger partial charge in [-0.25, -0.2) is 0 Å². The Morgan fingerprint density at radius 1 is 1.05 bits per heavy atom. The van der Waals surface area contributed by atoms with Gasteiger partial charge in [0, 0.05) is 17.6 Å². The first-order valence-corrected chi connectivity index (χ1v) is 6.47. The van der Waals surface area contributed by atoms with Crippen LogP contribution in [0.1, 0.15) is 0 Å². The molecule has 2 aromatic rings. The molecule has 0 heterocycles. The molecule has 0 saturated heterocycles. The van der Waals surface area contributed by atoms with Crippen molar-refractivity contribution in [1.82, 2.24) is 5.32 Å². The molecule has 2 rings (SSSR count). The minimum absolute atomic E-state index is 0.558. The summed E-state index contributed by atoms with van der Waals surface area (Å²) in [4.78, 5) is 0. The van der Waals surface area contributed by atoms with Gasteiger partial charge < -0.3 is 14.8 Å². The second kappa shape index (κ2) is 7.02. The van der Waals surface area contributed by atoms with E-state index in [4.69, 9.17) is 21.1 Å². The largest absolute Gasteiger partial charge is 0.488 e. The van der Waals surface area contributed by atoms with Gasteiger partial charge in [0.2, 0.25) is 0 Å². The number of halogens is 1. The quantitative estimate of drug-likeness (QED) is 0.816. The number of nitrogens with one attached hydrogen (secondary N) is 1. The second-order valence-electron chi connectivity index (χ2n) is 3.96. The van der Waals surface area contributed by atoms with Gasteiger partial charge in [-0.15, -0.1) is 0 Å². The maximum Gasteiger partial charge on any atom is 0.169 e. The Balaban J connectivity index is 2.14. The van der Waals surface area contributed by atoms with E-state index in [9.17, 15) is 0 Å². The van der Waals surface area contributed by atoms with Crippen molar-refractivity contribution >= 4 is 11.6 Å². The van der Waals surface area contributed by atoms with Gasteiger partial charge in [-0.2, -0.15) is 0 Å². The highest BCUT2D eigenvalue weighted by Crippen LogP contribution is 2.33. The number of hydrogen-bond donors (Lipinski definition) is 1. The first kappa shape index (κ1) is 13.7. The lowest BCUT2D eigenvalue weighted by Crippen LogP contribution is -2.16. The molecule has 0 fully saturated rings. The smallest absolute Gasteiger partial charge is 0.169 e. The molecular weight excluding hydrogens is 262 g/mol. The average Bonchev–Trinajstić information content (AvgIpc) is 2.43. The topological polar surface area (TPSA) is 30.5 Å². The molecule has 2 aromatic carbocycles. The van der Waals surface area contributed by atoms with Gasteiger partial charge in [0.25, 0.3) is 0 Å². The standard InChI is InChI=1S/C15H16ClNO2/c1-17-9-10-18-15-11-12(16)7-8-14(15)19-13-5-3-2-4-6-13/h2-8,11,17H,9-10H2,1H3. The molecule has 0 aliphatic carbocycles. The summed E-state index contributed by atoms with van der Waals surface area (Å²) in [6, 6.07) is 14.9. The molecule has 0 aromatic heterocycles. The number of ether oxygens (including phenoxy) is 2. The van der Waals surface area contributed by atoms with Crippen LogP contribution in [-0.4, -0.2) is 20.2 Å². The van der Waals surface area contributed by atoms with Crippen LogP contribution >= 0.6 is 11.6 Å². The zero-order chi connectivity index (χ0) is 13.5. The van der Waals surface area contributed by atoms with Gasteiger partial charge in [-0.1, -0.05) is 29.8 Å². The van der Waals surface area contributed by atoms with Crippen molar-refractivity contribution in [3.63, 3.8) is 0 Å². The van der Waals surface area contributed by atoms with Crippen molar-refractivity contribution in [2.24, 2.45) is 0 Å². The molecule has 0 aliphatic rings. The van der Waals surface area contributed by atoms with E-state index in [1.807, 2.05) is 43.4 Å². The first-order valence-electron chi connectivity index (χ1n) is 6.09. The lowest BCUT2D eigenvalue weighted by atomic mass is 10.3. The highest BCUT2D eigenvalue weighted by atomic mass is 35.5. The van der Waals surface area contributed by atoms with Crippen molar-refractivity contribution in [2.45, 2.75) is 0 Å². The van der Waals surface area contributed by atoms with Crippen molar-refractivity contribution in [1.29, 1.82) is 0 Å². The summed E-state index contributed by atoms with van der Waals surface area (Å²) in [6.45, 7) is 1.32. The van der Waals surface area contributed by atoms with Gasteiger partial charge in [0.05, 0.1) is 0 Å². The molecule has 0 saturated carbocycles. The van der Waals surface area contributed by atoms with E-state index in [1.54, 1.807) is 12.1 Å². The first-order chi connectivity index (χ1) is 9.29. The predicted molar refractivity (Wildman–Crippen MR) is 77.4 cm³/mol. The third kappa shape index (κ3) is 4.16. The molecular formula is C15H16ClNO2. The highest BCUT2D eigenvalue weighted by molar-refractivity contribution is 6.30. The molecule has 3 nitrogen and oxygen atoms in total. The van der Waals surface area contributed by atoms with Gasteiger partial charge >= 0.3 is 0 Å². The fourth-order valence-corrected chi connectivity index (χ4v) is 1.72. The third-order valence-electron chi connectivity index (χ3n) is 2.49. The van der Waals surface area contributed by atoms with Crippen LogP contribution < -0.4 is 14.8 Å². The summed E-state index contributed by atoms with van der Waals surface area (Å²) < 4.78 is 11.4. The summed E-state index contributed by atoms with van der Waals surface area (Å²) in [5, 5.41) is 3.65. The van der Waals surface area contributed by atoms with E-state index >= 15 is 0 Å². The summed E-state index contributed by atoms with van der Waals surface area (Å²) >= 11 is 5.98. The normalized spacial score (nSPS) is 10.2. The van der Waals surface area contributed by atoms with Crippen molar-refractivity contribution < 1.29 is 9.47 Å². The Hall–Kier alpha value is -1.71. The van der Waals surface area contributed by atoms with Crippen LogP contribution in [0.15, 0.2) is 48.5 Å². The molecule has 0 spiro atoms. The molecule has 0 unspecified atom stereocenters. The number of rotatable bonds is 6. The Labute approximate surface area is 118 Å². The van der Waals surface area contributed by atoms with Crippen LogP contribution in [0.3, 0.4) is 0 Å². The third-order valence-corrected chi connectivity index (χ3v) is 2.72. The summed E-state index contributed by atoms with van der Waals surface area (Å²) in [5.41, 5.74) is 0. The van der Waals surface area contributed by atoms with E-state index in [0.717, 1.165) is 12.3 Å². The Kier molecular flexibility index (Phi) is 5.07. The molecule has 4 heteroatoms. The van der Waals surface area contributed by atoms with Crippen LogP contribution in [-0.2, 0) is 0 Å². The number of hydrogen-bond acceptors (Lipinski definition) is 3. The molecule has 0 atom stereocenters. The Bertz CT molecular complexity index is 517.